The molecule has 3 aromatic rings. The van der Waals surface area contributed by atoms with Crippen LogP contribution in [0.15, 0.2) is 53.7 Å². The number of carbonyl (C=O) groups excluding carboxylic acids is 1. The van der Waals surface area contributed by atoms with Crippen molar-refractivity contribution in [1.82, 2.24) is 19.7 Å². The van der Waals surface area contributed by atoms with Crippen LogP contribution in [0.5, 0.6) is 5.75 Å². The van der Waals surface area contributed by atoms with Gasteiger partial charge in [-0.15, -0.1) is 10.2 Å². The molecule has 5 rings (SSSR count). The van der Waals surface area contributed by atoms with E-state index in [-0.39, 0.29) is 11.2 Å². The molecule has 1 aromatic heterocycles. The quantitative estimate of drug-likeness (QED) is 0.461. The first-order valence-corrected chi connectivity index (χ1v) is 12.2. The summed E-state index contributed by atoms with van der Waals surface area (Å²) in [7, 11) is 0. The molecule has 0 spiro atoms. The van der Waals surface area contributed by atoms with Crippen LogP contribution in [0.3, 0.4) is 0 Å². The Morgan fingerprint density at radius 2 is 1.91 bits per heavy atom. The minimum atomic E-state index is -0.237. The Balaban J connectivity index is 1.27. The number of nitrogens with zero attached hydrogens (tertiary/aromatic N) is 4. The number of fused-ring (bicyclic) bond motifs is 1. The molecule has 0 saturated heterocycles. The van der Waals surface area contributed by atoms with E-state index in [1.54, 1.807) is 6.07 Å². The fourth-order valence-electron chi connectivity index (χ4n) is 4.04. The highest BCUT2D eigenvalue weighted by atomic mass is 35.5. The molecule has 8 heteroatoms. The molecular formula is C24H25ClN4O2S. The molecule has 1 fully saturated rings. The summed E-state index contributed by atoms with van der Waals surface area (Å²) in [5.74, 6) is 1.54. The van der Waals surface area contributed by atoms with Crippen molar-refractivity contribution in [1.29, 1.82) is 0 Å². The Morgan fingerprint density at radius 1 is 1.16 bits per heavy atom. The molecule has 6 nitrogen and oxygen atoms in total. The number of ether oxygens (including phenoxy) is 1. The molecule has 166 valence electrons. The van der Waals surface area contributed by atoms with Gasteiger partial charge in [0.2, 0.25) is 5.91 Å². The van der Waals surface area contributed by atoms with Gasteiger partial charge in [-0.05, 0) is 49.4 Å². The molecule has 2 aliphatic rings. The van der Waals surface area contributed by atoms with Crippen LogP contribution in [0.4, 0.5) is 0 Å². The van der Waals surface area contributed by atoms with E-state index in [1.165, 1.54) is 22.9 Å². The number of benzene rings is 2. The van der Waals surface area contributed by atoms with Crippen molar-refractivity contribution in [3.8, 4) is 5.75 Å². The summed E-state index contributed by atoms with van der Waals surface area (Å²) < 4.78 is 8.03. The van der Waals surface area contributed by atoms with Crippen LogP contribution in [-0.2, 0) is 24.4 Å². The van der Waals surface area contributed by atoms with Gasteiger partial charge in [-0.25, -0.2) is 0 Å². The maximum absolute atomic E-state index is 13.2. The summed E-state index contributed by atoms with van der Waals surface area (Å²) in [5, 5.41) is 9.90. The molecule has 1 atom stereocenters. The van der Waals surface area contributed by atoms with Crippen LogP contribution in [-0.4, -0.2) is 37.4 Å². The number of hydrogen-bond acceptors (Lipinski definition) is 5. The van der Waals surface area contributed by atoms with Gasteiger partial charge in [0.15, 0.2) is 11.0 Å². The Bertz CT molecular complexity index is 1130. The van der Waals surface area contributed by atoms with Crippen molar-refractivity contribution in [2.75, 3.05) is 6.54 Å². The molecule has 1 amide bonds. The van der Waals surface area contributed by atoms with Crippen LogP contribution in [0.2, 0.25) is 5.02 Å². The van der Waals surface area contributed by atoms with E-state index in [4.69, 9.17) is 16.3 Å². The van der Waals surface area contributed by atoms with Crippen molar-refractivity contribution >= 4 is 29.3 Å². The predicted molar refractivity (Wildman–Crippen MR) is 125 cm³/mol. The standard InChI is InChI=1S/C24H25ClN4O2S/c1-16(23(30)28-13-12-17-6-2-3-7-18(17)14-28)32-24-27-26-22(29(24)19-10-11-19)15-31-21-9-5-4-8-20(21)25/h2-9,16,19H,10-15H2,1H3/t16-/m1/s1. The number of aromatic nitrogens is 3. The van der Waals surface area contributed by atoms with Crippen LogP contribution in [0.1, 0.15) is 42.8 Å². The lowest BCUT2D eigenvalue weighted by molar-refractivity contribution is -0.131. The van der Waals surface area contributed by atoms with Crippen molar-refractivity contribution in [3.05, 3.63) is 70.5 Å². The average Bonchev–Trinajstić information content (AvgIpc) is 3.58. The zero-order valence-electron chi connectivity index (χ0n) is 17.9. The van der Waals surface area contributed by atoms with Crippen molar-refractivity contribution in [2.24, 2.45) is 0 Å². The van der Waals surface area contributed by atoms with Gasteiger partial charge in [0.25, 0.3) is 0 Å². The highest BCUT2D eigenvalue weighted by Gasteiger charge is 2.32. The van der Waals surface area contributed by atoms with Gasteiger partial charge in [0, 0.05) is 19.1 Å². The number of halogens is 1. The lowest BCUT2D eigenvalue weighted by atomic mass is 10.00. The molecule has 0 N–H and O–H groups in total. The molecule has 1 aliphatic heterocycles. The SMILES string of the molecule is C[C@@H](Sc1nnc(COc2ccccc2Cl)n1C1CC1)C(=O)N1CCc2ccccc2C1. The van der Waals surface area contributed by atoms with Crippen LogP contribution >= 0.6 is 23.4 Å². The largest absolute Gasteiger partial charge is 0.484 e. The van der Waals surface area contributed by atoms with E-state index in [0.29, 0.717) is 30.0 Å². The van der Waals surface area contributed by atoms with E-state index >= 15 is 0 Å². The first-order chi connectivity index (χ1) is 15.6. The lowest BCUT2D eigenvalue weighted by Crippen LogP contribution is -2.40. The molecule has 1 saturated carbocycles. The Labute approximate surface area is 196 Å². The normalized spacial score (nSPS) is 16.5. The fraction of sp³-hybridized carbons (Fsp3) is 0.375. The maximum Gasteiger partial charge on any atom is 0.236 e. The van der Waals surface area contributed by atoms with Gasteiger partial charge in [-0.3, -0.25) is 9.36 Å². The number of amides is 1. The number of hydrogen-bond donors (Lipinski definition) is 0. The summed E-state index contributed by atoms with van der Waals surface area (Å²) >= 11 is 7.69. The fourth-order valence-corrected chi connectivity index (χ4v) is 5.25. The molecule has 0 radical (unpaired) electrons. The van der Waals surface area contributed by atoms with Gasteiger partial charge in [0.1, 0.15) is 12.4 Å². The van der Waals surface area contributed by atoms with Crippen molar-refractivity contribution in [2.45, 2.75) is 55.8 Å². The lowest BCUT2D eigenvalue weighted by Gasteiger charge is -2.30. The second kappa shape index (κ2) is 9.16. The number of para-hydroxylation sites is 1. The molecule has 32 heavy (non-hydrogen) atoms. The molecule has 0 unspecified atom stereocenters. The molecule has 0 bridgehead atoms. The Hall–Kier alpha value is -2.51. The first kappa shape index (κ1) is 21.3. The highest BCUT2D eigenvalue weighted by Crippen LogP contribution is 2.40. The van der Waals surface area contributed by atoms with E-state index < -0.39 is 0 Å². The Morgan fingerprint density at radius 3 is 2.69 bits per heavy atom. The molecular weight excluding hydrogens is 444 g/mol. The van der Waals surface area contributed by atoms with Crippen molar-refractivity contribution in [3.63, 3.8) is 0 Å². The highest BCUT2D eigenvalue weighted by molar-refractivity contribution is 8.00. The number of carbonyl (C=O) groups is 1. The second-order valence-corrected chi connectivity index (χ2v) is 9.97. The minimum absolute atomic E-state index is 0.142. The predicted octanol–water partition coefficient (Wildman–Crippen LogP) is 4.91. The van der Waals surface area contributed by atoms with E-state index in [0.717, 1.165) is 36.8 Å². The Kier molecular flexibility index (Phi) is 6.11. The van der Waals surface area contributed by atoms with Crippen LogP contribution < -0.4 is 4.74 Å². The van der Waals surface area contributed by atoms with Gasteiger partial charge < -0.3 is 9.64 Å². The third-order valence-electron chi connectivity index (χ3n) is 5.91. The topological polar surface area (TPSA) is 60.3 Å². The monoisotopic (exact) mass is 468 g/mol. The van der Waals surface area contributed by atoms with E-state index in [9.17, 15) is 4.79 Å². The molecule has 2 heterocycles. The number of rotatable bonds is 7. The van der Waals surface area contributed by atoms with E-state index in [2.05, 4.69) is 33.0 Å². The number of thioether (sulfide) groups is 1. The van der Waals surface area contributed by atoms with Crippen LogP contribution in [0.25, 0.3) is 0 Å². The van der Waals surface area contributed by atoms with Crippen LogP contribution in [0, 0.1) is 0 Å². The minimum Gasteiger partial charge on any atom is -0.484 e. The maximum atomic E-state index is 13.2. The summed E-state index contributed by atoms with van der Waals surface area (Å²) in [4.78, 5) is 15.1. The average molecular weight is 469 g/mol. The summed E-state index contributed by atoms with van der Waals surface area (Å²) in [6.07, 6.45) is 3.09. The zero-order chi connectivity index (χ0) is 22.1. The zero-order valence-corrected chi connectivity index (χ0v) is 19.5. The third-order valence-corrected chi connectivity index (χ3v) is 7.27. The molecule has 1 aliphatic carbocycles. The summed E-state index contributed by atoms with van der Waals surface area (Å²) in [5.41, 5.74) is 2.58. The van der Waals surface area contributed by atoms with Gasteiger partial charge in [0.05, 0.1) is 10.3 Å². The van der Waals surface area contributed by atoms with E-state index in [1.807, 2.05) is 36.1 Å². The van der Waals surface area contributed by atoms with Gasteiger partial charge in [-0.2, -0.15) is 0 Å². The third kappa shape index (κ3) is 4.50. The van der Waals surface area contributed by atoms with Crippen molar-refractivity contribution < 1.29 is 9.53 Å². The smallest absolute Gasteiger partial charge is 0.236 e. The van der Waals surface area contributed by atoms with Gasteiger partial charge in [-0.1, -0.05) is 59.8 Å². The summed E-state index contributed by atoms with van der Waals surface area (Å²) in [6, 6.07) is 16.1. The second-order valence-electron chi connectivity index (χ2n) is 8.26. The molecule has 2 aromatic carbocycles. The van der Waals surface area contributed by atoms with Gasteiger partial charge >= 0.3 is 0 Å². The summed E-state index contributed by atoms with van der Waals surface area (Å²) in [6.45, 7) is 3.68. The first-order valence-electron chi connectivity index (χ1n) is 10.9.